The first-order valence-electron chi connectivity index (χ1n) is 4.77. The Morgan fingerprint density at radius 1 is 1.29 bits per heavy atom. The van der Waals surface area contributed by atoms with Crippen molar-refractivity contribution in [2.24, 2.45) is 0 Å². The van der Waals surface area contributed by atoms with E-state index in [4.69, 9.17) is 0 Å². The van der Waals surface area contributed by atoms with E-state index in [1.807, 2.05) is 25.1 Å². The topological polar surface area (TPSA) is 20.2 Å². The fourth-order valence-electron chi connectivity index (χ4n) is 1.40. The predicted molar refractivity (Wildman–Crippen MR) is 61.9 cm³/mol. The van der Waals surface area contributed by atoms with Gasteiger partial charge in [-0.1, -0.05) is 32.9 Å². The molecule has 1 rings (SSSR count). The molecule has 0 fully saturated rings. The Bertz CT molecular complexity index is 305. The van der Waals surface area contributed by atoms with Crippen molar-refractivity contribution in [3.05, 3.63) is 29.3 Å². The van der Waals surface area contributed by atoms with Gasteiger partial charge in [0.2, 0.25) is 0 Å². The van der Waals surface area contributed by atoms with Crippen LogP contribution in [0.1, 0.15) is 38.3 Å². The molecule has 0 heterocycles. The minimum Gasteiger partial charge on any atom is -0.508 e. The van der Waals surface area contributed by atoms with E-state index in [-0.39, 0.29) is 56.8 Å². The molecule has 0 atom stereocenters. The Hall–Kier alpha value is 0.656. The maximum absolute atomic E-state index is 9.76. The first kappa shape index (κ1) is 14.7. The summed E-state index contributed by atoms with van der Waals surface area (Å²) in [5.74, 6) is 0.423. The molecule has 0 spiro atoms. The Labute approximate surface area is 129 Å². The third-order valence-corrected chi connectivity index (χ3v) is 2.77. The Balaban J connectivity index is 0.00000169. The number of phenolic OH excluding ortho intramolecular Hbond substituents is 1. The van der Waals surface area contributed by atoms with Crippen LogP contribution in [0.25, 0.3) is 0 Å². The maximum atomic E-state index is 9.76. The van der Waals surface area contributed by atoms with Crippen LogP contribution in [-0.4, -0.2) is 56.5 Å². The van der Waals surface area contributed by atoms with E-state index in [0.29, 0.717) is 5.75 Å². The van der Waals surface area contributed by atoms with Gasteiger partial charge in [0.15, 0.2) is 0 Å². The maximum Gasteiger partial charge on any atom is 0.119 e. The third kappa shape index (κ3) is 3.35. The van der Waals surface area contributed by atoms with Crippen LogP contribution in [0.2, 0.25) is 0 Å². The number of benzene rings is 1. The molecule has 0 saturated carbocycles. The standard InChI is InChI=1S/C12H18O.K/c1-5-12(3,4)10-7-6-9(2)8-11(10)13;/h6-8,13H,5H2,1-4H3;. The van der Waals surface area contributed by atoms with Crippen LogP contribution in [0.3, 0.4) is 0 Å². The smallest absolute Gasteiger partial charge is 0.119 e. The molecule has 0 unspecified atom stereocenters. The molecular formula is C12H18KO. The normalized spacial score (nSPS) is 10.9. The number of rotatable bonds is 2. The first-order valence-corrected chi connectivity index (χ1v) is 4.77. The summed E-state index contributed by atoms with van der Waals surface area (Å²) in [4.78, 5) is 0. The summed E-state index contributed by atoms with van der Waals surface area (Å²) >= 11 is 0. The molecule has 1 aromatic carbocycles. The van der Waals surface area contributed by atoms with Crippen molar-refractivity contribution in [3.8, 4) is 5.75 Å². The molecule has 0 aliphatic rings. The van der Waals surface area contributed by atoms with E-state index >= 15 is 0 Å². The van der Waals surface area contributed by atoms with Gasteiger partial charge in [-0.2, -0.15) is 0 Å². The molecule has 0 bridgehead atoms. The number of phenols is 1. The number of aryl methyl sites for hydroxylation is 1. The zero-order valence-corrected chi connectivity index (χ0v) is 13.0. The summed E-state index contributed by atoms with van der Waals surface area (Å²) in [6, 6.07) is 5.90. The summed E-state index contributed by atoms with van der Waals surface area (Å²) in [5, 5.41) is 9.76. The molecule has 0 aliphatic carbocycles. The number of aromatic hydroxyl groups is 1. The van der Waals surface area contributed by atoms with E-state index in [2.05, 4.69) is 20.8 Å². The average Bonchev–Trinajstić information content (AvgIpc) is 2.03. The summed E-state index contributed by atoms with van der Waals surface area (Å²) in [7, 11) is 0. The summed E-state index contributed by atoms with van der Waals surface area (Å²) in [6.07, 6.45) is 1.03. The Morgan fingerprint density at radius 2 is 1.86 bits per heavy atom. The van der Waals surface area contributed by atoms with Gasteiger partial charge >= 0.3 is 0 Å². The van der Waals surface area contributed by atoms with Gasteiger partial charge in [-0.3, -0.25) is 0 Å². The van der Waals surface area contributed by atoms with Crippen molar-refractivity contribution in [3.63, 3.8) is 0 Å². The molecule has 1 aromatic rings. The molecule has 1 N–H and O–H groups in total. The minimum atomic E-state index is 0. The molecular weight excluding hydrogens is 199 g/mol. The molecule has 2 heteroatoms. The van der Waals surface area contributed by atoms with Crippen molar-refractivity contribution in [1.82, 2.24) is 0 Å². The fourth-order valence-corrected chi connectivity index (χ4v) is 1.40. The monoisotopic (exact) mass is 217 g/mol. The Kier molecular flexibility index (Phi) is 5.93. The van der Waals surface area contributed by atoms with Crippen molar-refractivity contribution in [2.45, 2.75) is 39.5 Å². The second kappa shape index (κ2) is 5.66. The van der Waals surface area contributed by atoms with Gasteiger partial charge in [0.1, 0.15) is 5.75 Å². The van der Waals surface area contributed by atoms with E-state index in [0.717, 1.165) is 17.5 Å². The van der Waals surface area contributed by atoms with Crippen LogP contribution >= 0.6 is 0 Å². The van der Waals surface area contributed by atoms with E-state index in [1.165, 1.54) is 0 Å². The molecule has 1 radical (unpaired) electrons. The first-order chi connectivity index (χ1) is 5.97. The van der Waals surface area contributed by atoms with Crippen molar-refractivity contribution in [1.29, 1.82) is 0 Å². The molecule has 0 aromatic heterocycles. The molecule has 1 nitrogen and oxygen atoms in total. The summed E-state index contributed by atoms with van der Waals surface area (Å²) in [6.45, 7) is 8.43. The third-order valence-electron chi connectivity index (χ3n) is 2.77. The van der Waals surface area contributed by atoms with E-state index in [9.17, 15) is 5.11 Å². The van der Waals surface area contributed by atoms with E-state index in [1.54, 1.807) is 0 Å². The van der Waals surface area contributed by atoms with Crippen molar-refractivity contribution < 1.29 is 5.11 Å². The van der Waals surface area contributed by atoms with Crippen LogP contribution in [0.5, 0.6) is 5.75 Å². The molecule has 0 saturated heterocycles. The summed E-state index contributed by atoms with van der Waals surface area (Å²) in [5.41, 5.74) is 2.21. The van der Waals surface area contributed by atoms with Crippen LogP contribution in [0, 0.1) is 6.92 Å². The van der Waals surface area contributed by atoms with Crippen LogP contribution in [0.4, 0.5) is 0 Å². The van der Waals surface area contributed by atoms with Gasteiger partial charge in [-0.15, -0.1) is 0 Å². The molecule has 0 aliphatic heterocycles. The second-order valence-corrected chi connectivity index (χ2v) is 4.26. The second-order valence-electron chi connectivity index (χ2n) is 4.26. The molecule has 73 valence electrons. The van der Waals surface area contributed by atoms with Gasteiger partial charge in [-0.05, 0) is 36.0 Å². The zero-order valence-electron chi connectivity index (χ0n) is 9.89. The molecule has 0 amide bonds. The van der Waals surface area contributed by atoms with Crippen LogP contribution in [0.15, 0.2) is 18.2 Å². The quantitative estimate of drug-likeness (QED) is 0.755. The fraction of sp³-hybridized carbons (Fsp3) is 0.500. The van der Waals surface area contributed by atoms with Gasteiger partial charge in [-0.25, -0.2) is 0 Å². The minimum absolute atomic E-state index is 0. The van der Waals surface area contributed by atoms with E-state index < -0.39 is 0 Å². The van der Waals surface area contributed by atoms with Gasteiger partial charge < -0.3 is 5.11 Å². The number of hydrogen-bond donors (Lipinski definition) is 1. The SMILES string of the molecule is CCC(C)(C)c1ccc(C)cc1O.[K]. The average molecular weight is 217 g/mol. The van der Waals surface area contributed by atoms with Crippen LogP contribution < -0.4 is 0 Å². The van der Waals surface area contributed by atoms with Crippen LogP contribution in [-0.2, 0) is 5.41 Å². The van der Waals surface area contributed by atoms with Crippen molar-refractivity contribution >= 4 is 51.4 Å². The number of hydrogen-bond acceptors (Lipinski definition) is 1. The zero-order chi connectivity index (χ0) is 10.1. The summed E-state index contributed by atoms with van der Waals surface area (Å²) < 4.78 is 0. The predicted octanol–water partition coefficient (Wildman–Crippen LogP) is 3.01. The largest absolute Gasteiger partial charge is 0.508 e. The molecule has 14 heavy (non-hydrogen) atoms. The van der Waals surface area contributed by atoms with Gasteiger partial charge in [0, 0.05) is 51.4 Å². The van der Waals surface area contributed by atoms with Crippen molar-refractivity contribution in [2.75, 3.05) is 0 Å². The van der Waals surface area contributed by atoms with Gasteiger partial charge in [0.05, 0.1) is 0 Å². The van der Waals surface area contributed by atoms with Gasteiger partial charge in [0.25, 0.3) is 0 Å². The Morgan fingerprint density at radius 3 is 2.29 bits per heavy atom.